The predicted molar refractivity (Wildman–Crippen MR) is 113 cm³/mol. The monoisotopic (exact) mass is 467 g/mol. The summed E-state index contributed by atoms with van der Waals surface area (Å²) in [7, 11) is 0. The molecule has 0 spiro atoms. The third kappa shape index (κ3) is 3.23. The molecule has 2 aliphatic rings. The Hall–Kier alpha value is -3.26. The molecule has 0 saturated carbocycles. The maximum atomic E-state index is 13.4. The van der Waals surface area contributed by atoms with Gasteiger partial charge in [0.05, 0.1) is 16.7 Å². The topological polar surface area (TPSA) is 68.0 Å². The molecule has 3 aromatic carbocycles. The highest BCUT2D eigenvalue weighted by molar-refractivity contribution is 9.10. The van der Waals surface area contributed by atoms with E-state index in [-0.39, 0.29) is 17.5 Å². The number of hydrogen-bond acceptors (Lipinski definition) is 5. The van der Waals surface area contributed by atoms with E-state index in [9.17, 15) is 14.5 Å². The molecule has 6 nitrogen and oxygen atoms in total. The van der Waals surface area contributed by atoms with Gasteiger partial charge >= 0.3 is 0 Å². The molecule has 3 aromatic rings. The van der Waals surface area contributed by atoms with Crippen molar-refractivity contribution >= 4 is 27.3 Å². The molecular weight excluding hydrogens is 453 g/mol. The molecule has 0 radical (unpaired) electrons. The van der Waals surface area contributed by atoms with Crippen molar-refractivity contribution in [3.63, 3.8) is 0 Å². The largest absolute Gasteiger partial charge is 0.464 e. The minimum atomic E-state index is -0.526. The van der Waals surface area contributed by atoms with Crippen LogP contribution in [0.3, 0.4) is 0 Å². The molecule has 0 unspecified atom stereocenters. The van der Waals surface area contributed by atoms with Crippen molar-refractivity contribution in [2.75, 3.05) is 0 Å². The molecule has 0 amide bonds. The summed E-state index contributed by atoms with van der Waals surface area (Å²) >= 11 is 3.52. The summed E-state index contributed by atoms with van der Waals surface area (Å²) in [6.45, 7) is 0. The van der Waals surface area contributed by atoms with Crippen molar-refractivity contribution in [2.24, 2.45) is 5.10 Å². The third-order valence-corrected chi connectivity index (χ3v) is 5.81. The van der Waals surface area contributed by atoms with Crippen molar-refractivity contribution in [3.8, 4) is 5.75 Å². The molecule has 2 atom stereocenters. The number of non-ortho nitro benzene ring substituents is 1. The minimum absolute atomic E-state index is 0.0207. The molecule has 8 heteroatoms. The highest BCUT2D eigenvalue weighted by Crippen LogP contribution is 2.48. The lowest BCUT2D eigenvalue weighted by Crippen LogP contribution is -2.33. The Morgan fingerprint density at radius 3 is 2.53 bits per heavy atom. The van der Waals surface area contributed by atoms with Gasteiger partial charge in [0.1, 0.15) is 11.6 Å². The van der Waals surface area contributed by atoms with Crippen molar-refractivity contribution in [3.05, 3.63) is 104 Å². The Morgan fingerprint density at radius 2 is 1.83 bits per heavy atom. The lowest BCUT2D eigenvalue weighted by atomic mass is 9.96. The number of nitrogens with zero attached hydrogens (tertiary/aromatic N) is 3. The average Bonchev–Trinajstić information content (AvgIpc) is 3.19. The Kier molecular flexibility index (Phi) is 4.51. The van der Waals surface area contributed by atoms with Crippen LogP contribution in [-0.4, -0.2) is 15.6 Å². The molecule has 0 saturated heterocycles. The summed E-state index contributed by atoms with van der Waals surface area (Å²) in [6.07, 6.45) is 0.115. The number of nitro benzene ring substituents is 1. The lowest BCUT2D eigenvalue weighted by Gasteiger charge is -2.38. The zero-order chi connectivity index (χ0) is 20.8. The predicted octanol–water partition coefficient (Wildman–Crippen LogP) is 5.74. The van der Waals surface area contributed by atoms with Gasteiger partial charge in [0.15, 0.2) is 0 Å². The number of rotatable bonds is 3. The van der Waals surface area contributed by atoms with Gasteiger partial charge in [0.2, 0.25) is 6.23 Å². The average molecular weight is 468 g/mol. The first-order chi connectivity index (χ1) is 14.5. The normalized spacial score (nSPS) is 19.5. The Bertz CT molecular complexity index is 1170. The van der Waals surface area contributed by atoms with Crippen molar-refractivity contribution in [1.82, 2.24) is 5.01 Å². The van der Waals surface area contributed by atoms with E-state index in [2.05, 4.69) is 15.9 Å². The van der Waals surface area contributed by atoms with Crippen molar-refractivity contribution in [1.29, 1.82) is 0 Å². The number of hydrogen-bond donors (Lipinski definition) is 0. The van der Waals surface area contributed by atoms with E-state index >= 15 is 0 Å². The van der Waals surface area contributed by atoms with Crippen LogP contribution in [-0.2, 0) is 0 Å². The van der Waals surface area contributed by atoms with E-state index in [1.54, 1.807) is 24.3 Å². The lowest BCUT2D eigenvalue weighted by molar-refractivity contribution is -0.384. The Labute approximate surface area is 179 Å². The van der Waals surface area contributed by atoms with E-state index in [1.165, 1.54) is 24.3 Å². The van der Waals surface area contributed by atoms with Crippen LogP contribution in [0.2, 0.25) is 0 Å². The number of halogens is 2. The van der Waals surface area contributed by atoms with Gasteiger partial charge in [-0.15, -0.1) is 0 Å². The van der Waals surface area contributed by atoms with Crippen LogP contribution in [0.4, 0.5) is 10.1 Å². The van der Waals surface area contributed by atoms with Crippen molar-refractivity contribution < 1.29 is 14.1 Å². The van der Waals surface area contributed by atoms with Crippen LogP contribution < -0.4 is 4.74 Å². The minimum Gasteiger partial charge on any atom is -0.464 e. The summed E-state index contributed by atoms with van der Waals surface area (Å²) in [6, 6.07) is 18.4. The molecular formula is C22H15BrFN3O3. The van der Waals surface area contributed by atoms with Gasteiger partial charge in [-0.3, -0.25) is 10.1 Å². The van der Waals surface area contributed by atoms with Crippen LogP contribution in [0, 0.1) is 15.9 Å². The fourth-order valence-corrected chi connectivity index (χ4v) is 4.23. The molecule has 2 heterocycles. The smallest absolute Gasteiger partial charge is 0.269 e. The second kappa shape index (κ2) is 7.21. The van der Waals surface area contributed by atoms with Gasteiger partial charge in [-0.05, 0) is 48.0 Å². The number of nitro groups is 1. The van der Waals surface area contributed by atoms with Crippen LogP contribution >= 0.6 is 15.9 Å². The molecule has 0 aliphatic carbocycles. The highest BCUT2D eigenvalue weighted by Gasteiger charge is 2.41. The van der Waals surface area contributed by atoms with Crippen LogP contribution in [0.5, 0.6) is 5.75 Å². The van der Waals surface area contributed by atoms with E-state index < -0.39 is 11.2 Å². The Morgan fingerprint density at radius 1 is 1.10 bits per heavy atom. The SMILES string of the molecule is O=[N+]([O-])c1ccc([C@H]2Oc3ccc(Br)cc3[C@@H]3CC(c4ccc(F)cc4)=NN23)cc1. The first-order valence-corrected chi connectivity index (χ1v) is 10.1. The molecule has 0 aromatic heterocycles. The van der Waals surface area contributed by atoms with E-state index in [0.29, 0.717) is 6.42 Å². The summed E-state index contributed by atoms with van der Waals surface area (Å²) in [5.74, 6) is 0.454. The van der Waals surface area contributed by atoms with Gasteiger partial charge < -0.3 is 4.74 Å². The second-order valence-electron chi connectivity index (χ2n) is 7.15. The Balaban J connectivity index is 1.57. The fourth-order valence-electron chi connectivity index (χ4n) is 3.86. The number of hydrazone groups is 1. The van der Waals surface area contributed by atoms with Gasteiger partial charge in [-0.2, -0.15) is 5.10 Å². The maximum absolute atomic E-state index is 13.4. The zero-order valence-electron chi connectivity index (χ0n) is 15.5. The van der Waals surface area contributed by atoms with E-state index in [4.69, 9.17) is 9.84 Å². The molecule has 2 aliphatic heterocycles. The number of fused-ring (bicyclic) bond motifs is 3. The van der Waals surface area contributed by atoms with Gasteiger partial charge in [-0.25, -0.2) is 9.40 Å². The molecule has 0 bridgehead atoms. The quantitative estimate of drug-likeness (QED) is 0.363. The van der Waals surface area contributed by atoms with Gasteiger partial charge in [0.25, 0.3) is 5.69 Å². The summed E-state index contributed by atoms with van der Waals surface area (Å²) in [5, 5.41) is 17.7. The fraction of sp³-hybridized carbons (Fsp3) is 0.136. The van der Waals surface area contributed by atoms with E-state index in [0.717, 1.165) is 32.6 Å². The standard InChI is InChI=1S/C22H15BrFN3O3/c23-15-5-10-21-18(11-15)20-12-19(13-1-6-16(24)7-2-13)25-26(20)22(30-21)14-3-8-17(9-4-14)27(28)29/h1-11,20,22H,12H2/t20-,22+/m0/s1. The van der Waals surface area contributed by atoms with Gasteiger partial charge in [0, 0.05) is 34.2 Å². The number of benzene rings is 3. The molecule has 0 N–H and O–H groups in total. The van der Waals surface area contributed by atoms with E-state index in [1.807, 2.05) is 23.2 Å². The first kappa shape index (κ1) is 18.7. The summed E-state index contributed by atoms with van der Waals surface area (Å²) in [4.78, 5) is 10.6. The molecule has 0 fully saturated rings. The summed E-state index contributed by atoms with van der Waals surface area (Å²) in [5.41, 5.74) is 3.48. The van der Waals surface area contributed by atoms with Crippen molar-refractivity contribution in [2.45, 2.75) is 18.7 Å². The summed E-state index contributed by atoms with van der Waals surface area (Å²) < 4.78 is 20.6. The number of ether oxygens (including phenoxy) is 1. The zero-order valence-corrected chi connectivity index (χ0v) is 17.1. The molecule has 5 rings (SSSR count). The third-order valence-electron chi connectivity index (χ3n) is 5.32. The van der Waals surface area contributed by atoms with Crippen LogP contribution in [0.15, 0.2) is 76.3 Å². The maximum Gasteiger partial charge on any atom is 0.269 e. The first-order valence-electron chi connectivity index (χ1n) is 9.32. The second-order valence-corrected chi connectivity index (χ2v) is 8.07. The van der Waals surface area contributed by atoms with Crippen LogP contribution in [0.1, 0.15) is 35.4 Å². The van der Waals surface area contributed by atoms with Gasteiger partial charge in [-0.1, -0.05) is 28.1 Å². The van der Waals surface area contributed by atoms with Crippen LogP contribution in [0.25, 0.3) is 0 Å². The molecule has 150 valence electrons. The highest BCUT2D eigenvalue weighted by atomic mass is 79.9. The molecule has 30 heavy (non-hydrogen) atoms.